The average Bonchev–Trinajstić information content (AvgIpc) is 3.31. The highest BCUT2D eigenvalue weighted by molar-refractivity contribution is 5.98. The summed E-state index contributed by atoms with van der Waals surface area (Å²) in [4.78, 5) is 17.4. The molecule has 2 N–H and O–H groups in total. The van der Waals surface area contributed by atoms with Crippen LogP contribution in [-0.4, -0.2) is 42.0 Å². The number of ether oxygens (including phenoxy) is 3. The van der Waals surface area contributed by atoms with Gasteiger partial charge in [0.1, 0.15) is 6.17 Å². The molecule has 3 aliphatic rings. The van der Waals surface area contributed by atoms with Gasteiger partial charge in [-0.1, -0.05) is 6.07 Å². The van der Waals surface area contributed by atoms with Crippen molar-refractivity contribution in [1.29, 1.82) is 0 Å². The number of hydrogen-bond acceptors (Lipinski definition) is 7. The van der Waals surface area contributed by atoms with Crippen LogP contribution in [0.4, 0.5) is 0 Å². The molecule has 0 spiro atoms. The first-order valence-electron chi connectivity index (χ1n) is 9.13. The first kappa shape index (κ1) is 16.9. The third kappa shape index (κ3) is 2.49. The second kappa shape index (κ2) is 6.42. The van der Waals surface area contributed by atoms with E-state index in [0.717, 1.165) is 11.3 Å². The summed E-state index contributed by atoms with van der Waals surface area (Å²) in [6, 6.07) is 9.57. The smallest absolute Gasteiger partial charge is 0.264 e. The topological polar surface area (TPSA) is 85.0 Å². The van der Waals surface area contributed by atoms with Crippen molar-refractivity contribution in [3.63, 3.8) is 0 Å². The second-order valence-electron chi connectivity index (χ2n) is 6.93. The van der Waals surface area contributed by atoms with Crippen molar-refractivity contribution < 1.29 is 19.0 Å². The maximum atomic E-state index is 12.8. The van der Waals surface area contributed by atoms with Crippen molar-refractivity contribution in [2.45, 2.75) is 25.0 Å². The molecular formula is C20H20N4O4. The van der Waals surface area contributed by atoms with Gasteiger partial charge < -0.3 is 19.5 Å². The number of hydrazine groups is 1. The Kier molecular flexibility index (Phi) is 3.87. The molecule has 0 bridgehead atoms. The highest BCUT2D eigenvalue weighted by atomic mass is 16.7. The van der Waals surface area contributed by atoms with Gasteiger partial charge in [0.2, 0.25) is 12.5 Å². The highest BCUT2D eigenvalue weighted by Crippen LogP contribution is 2.45. The molecule has 28 heavy (non-hydrogen) atoms. The molecule has 3 aliphatic heterocycles. The molecular weight excluding hydrogens is 360 g/mol. The van der Waals surface area contributed by atoms with E-state index in [1.807, 2.05) is 37.3 Å². The quantitative estimate of drug-likeness (QED) is 0.837. The van der Waals surface area contributed by atoms with Crippen LogP contribution in [0, 0.1) is 0 Å². The van der Waals surface area contributed by atoms with Crippen LogP contribution in [0.1, 0.15) is 24.1 Å². The van der Waals surface area contributed by atoms with Crippen molar-refractivity contribution in [1.82, 2.24) is 20.7 Å². The van der Waals surface area contributed by atoms with Crippen LogP contribution in [0.3, 0.4) is 0 Å². The molecule has 3 atom stereocenters. The number of methoxy groups -OCH3 is 1. The Hall–Kier alpha value is -3.26. The van der Waals surface area contributed by atoms with Gasteiger partial charge >= 0.3 is 0 Å². The molecule has 1 aromatic carbocycles. The summed E-state index contributed by atoms with van der Waals surface area (Å²) in [5.74, 6) is 1.60. The minimum Gasteiger partial charge on any atom is -0.492 e. The number of nitrogens with zero attached hydrogens (tertiary/aromatic N) is 2. The van der Waals surface area contributed by atoms with Gasteiger partial charge in [-0.05, 0) is 31.2 Å². The normalized spacial score (nSPS) is 25.2. The number of carbonyl (C=O) groups excluding carboxylic acids is 1. The predicted octanol–water partition coefficient (Wildman–Crippen LogP) is 1.61. The lowest BCUT2D eigenvalue weighted by atomic mass is 9.94. The monoisotopic (exact) mass is 380 g/mol. The first-order chi connectivity index (χ1) is 13.7. The van der Waals surface area contributed by atoms with Crippen LogP contribution in [0.2, 0.25) is 0 Å². The first-order valence-corrected chi connectivity index (χ1v) is 9.13. The molecule has 0 radical (unpaired) electrons. The van der Waals surface area contributed by atoms with Crippen molar-refractivity contribution >= 4 is 11.6 Å². The number of benzene rings is 1. The molecule has 2 aromatic rings. The lowest BCUT2D eigenvalue weighted by Crippen LogP contribution is -2.52. The Morgan fingerprint density at radius 2 is 2.14 bits per heavy atom. The SMILES string of the molecule is COc1c(C2=CC(=O)N3NC(C)C(c4ccccn4)C3N2)ccc2c1OCO2. The van der Waals surface area contributed by atoms with Crippen LogP contribution in [0.25, 0.3) is 5.70 Å². The van der Waals surface area contributed by atoms with Gasteiger partial charge in [0.25, 0.3) is 5.91 Å². The number of carbonyl (C=O) groups is 1. The van der Waals surface area contributed by atoms with Gasteiger partial charge in [0.05, 0.1) is 18.7 Å². The Bertz CT molecular complexity index is 962. The minimum atomic E-state index is -0.271. The molecule has 1 amide bonds. The third-order valence-corrected chi connectivity index (χ3v) is 5.33. The maximum absolute atomic E-state index is 12.8. The Balaban J connectivity index is 1.54. The van der Waals surface area contributed by atoms with E-state index < -0.39 is 0 Å². The fourth-order valence-electron chi connectivity index (χ4n) is 4.07. The van der Waals surface area contributed by atoms with E-state index >= 15 is 0 Å². The molecule has 144 valence electrons. The van der Waals surface area contributed by atoms with Gasteiger partial charge in [-0.2, -0.15) is 0 Å². The van der Waals surface area contributed by atoms with Crippen LogP contribution in [0.5, 0.6) is 17.2 Å². The van der Waals surface area contributed by atoms with Crippen LogP contribution in [0.15, 0.2) is 42.6 Å². The fourth-order valence-corrected chi connectivity index (χ4v) is 4.07. The molecule has 8 heteroatoms. The zero-order valence-electron chi connectivity index (χ0n) is 15.5. The van der Waals surface area contributed by atoms with Crippen molar-refractivity contribution in [3.05, 3.63) is 53.9 Å². The molecule has 1 fully saturated rings. The number of aromatic nitrogens is 1. The number of hydrogen-bond donors (Lipinski definition) is 2. The zero-order chi connectivity index (χ0) is 19.3. The minimum absolute atomic E-state index is 0.00569. The van der Waals surface area contributed by atoms with Crippen molar-refractivity contribution in [2.24, 2.45) is 0 Å². The average molecular weight is 380 g/mol. The maximum Gasteiger partial charge on any atom is 0.264 e. The number of amides is 1. The number of rotatable bonds is 3. The molecule has 4 heterocycles. The Labute approximate surface area is 162 Å². The van der Waals surface area contributed by atoms with E-state index in [2.05, 4.69) is 15.7 Å². The number of fused-ring (bicyclic) bond motifs is 2. The standard InChI is InChI=1S/C20H20N4O4/c1-11-17(13-5-3-4-8-21-13)20-22-14(9-16(25)24(20)23-11)12-6-7-15-19(18(12)26-2)28-10-27-15/h3-9,11,17,20,22-23H,10H2,1-2H3. The van der Waals surface area contributed by atoms with E-state index in [1.54, 1.807) is 24.4 Å². The van der Waals surface area contributed by atoms with E-state index in [1.165, 1.54) is 0 Å². The van der Waals surface area contributed by atoms with E-state index in [0.29, 0.717) is 22.9 Å². The largest absolute Gasteiger partial charge is 0.492 e. The van der Waals surface area contributed by atoms with E-state index in [4.69, 9.17) is 14.2 Å². The Morgan fingerprint density at radius 1 is 1.25 bits per heavy atom. The molecule has 8 nitrogen and oxygen atoms in total. The van der Waals surface area contributed by atoms with Gasteiger partial charge in [0, 0.05) is 29.6 Å². The third-order valence-electron chi connectivity index (χ3n) is 5.33. The molecule has 1 aromatic heterocycles. The molecule has 3 unspecified atom stereocenters. The summed E-state index contributed by atoms with van der Waals surface area (Å²) >= 11 is 0. The summed E-state index contributed by atoms with van der Waals surface area (Å²) in [5.41, 5.74) is 5.61. The van der Waals surface area contributed by atoms with Gasteiger partial charge in [-0.25, -0.2) is 5.43 Å². The van der Waals surface area contributed by atoms with Crippen molar-refractivity contribution in [2.75, 3.05) is 13.9 Å². The van der Waals surface area contributed by atoms with Gasteiger partial charge in [-0.15, -0.1) is 0 Å². The van der Waals surface area contributed by atoms with Crippen LogP contribution in [-0.2, 0) is 4.79 Å². The summed E-state index contributed by atoms with van der Waals surface area (Å²) in [6.45, 7) is 2.20. The zero-order valence-corrected chi connectivity index (χ0v) is 15.5. The summed E-state index contributed by atoms with van der Waals surface area (Å²) in [7, 11) is 1.58. The van der Waals surface area contributed by atoms with E-state index in [9.17, 15) is 4.79 Å². The highest BCUT2D eigenvalue weighted by Gasteiger charge is 2.45. The van der Waals surface area contributed by atoms with Crippen molar-refractivity contribution in [3.8, 4) is 17.2 Å². The molecule has 5 rings (SSSR count). The van der Waals surface area contributed by atoms with Gasteiger partial charge in [-0.3, -0.25) is 14.8 Å². The molecule has 0 aliphatic carbocycles. The number of nitrogens with one attached hydrogen (secondary N) is 2. The second-order valence-corrected chi connectivity index (χ2v) is 6.93. The molecule has 1 saturated heterocycles. The molecule has 0 saturated carbocycles. The summed E-state index contributed by atoms with van der Waals surface area (Å²) in [5, 5.41) is 5.13. The van der Waals surface area contributed by atoms with Crippen LogP contribution < -0.4 is 25.0 Å². The Morgan fingerprint density at radius 3 is 2.93 bits per heavy atom. The van der Waals surface area contributed by atoms with E-state index in [-0.39, 0.29) is 30.8 Å². The fraction of sp³-hybridized carbons (Fsp3) is 0.300. The predicted molar refractivity (Wildman–Crippen MR) is 100 cm³/mol. The lowest BCUT2D eigenvalue weighted by molar-refractivity contribution is -0.130. The summed E-state index contributed by atoms with van der Waals surface area (Å²) in [6.07, 6.45) is 3.07. The van der Waals surface area contributed by atoms with Gasteiger partial charge in [0.15, 0.2) is 11.5 Å². The summed E-state index contributed by atoms with van der Waals surface area (Å²) < 4.78 is 16.6. The van der Waals surface area contributed by atoms with Crippen LogP contribution >= 0.6 is 0 Å². The lowest BCUT2D eigenvalue weighted by Gasteiger charge is -2.33. The number of pyridine rings is 1.